The van der Waals surface area contributed by atoms with E-state index in [1.54, 1.807) is 0 Å². The van der Waals surface area contributed by atoms with Crippen LogP contribution in [0.5, 0.6) is 0 Å². The molecular weight excluding hydrogens is 236 g/mol. The minimum absolute atomic E-state index is 0.0899. The van der Waals surface area contributed by atoms with E-state index in [-0.39, 0.29) is 18.8 Å². The van der Waals surface area contributed by atoms with Gasteiger partial charge in [-0.25, -0.2) is 0 Å². The molecule has 0 unspecified atom stereocenters. The predicted octanol–water partition coefficient (Wildman–Crippen LogP) is 3.94. The molecule has 1 saturated heterocycles. The molecule has 0 saturated carbocycles. The molecule has 0 bridgehead atoms. The van der Waals surface area contributed by atoms with E-state index in [2.05, 4.69) is 55.5 Å². The molecule has 1 fully saturated rings. The fourth-order valence-corrected chi connectivity index (χ4v) is 1.76. The highest BCUT2D eigenvalue weighted by molar-refractivity contribution is 5.00. The normalized spacial score (nSPS) is 23.5. The summed E-state index contributed by atoms with van der Waals surface area (Å²) in [6.07, 6.45) is 22.8. The first-order valence-corrected chi connectivity index (χ1v) is 7.24. The molecule has 1 N–H and O–H groups in total. The molecule has 2 nitrogen and oxygen atoms in total. The van der Waals surface area contributed by atoms with E-state index in [9.17, 15) is 0 Å². The van der Waals surface area contributed by atoms with E-state index in [1.165, 1.54) is 0 Å². The molecule has 106 valence electrons. The summed E-state index contributed by atoms with van der Waals surface area (Å²) < 4.78 is 5.23. The molecule has 1 aliphatic rings. The van der Waals surface area contributed by atoms with E-state index in [0.717, 1.165) is 32.1 Å². The van der Waals surface area contributed by atoms with Crippen molar-refractivity contribution in [1.82, 2.24) is 0 Å². The van der Waals surface area contributed by atoms with Crippen molar-refractivity contribution in [3.8, 4) is 0 Å². The summed E-state index contributed by atoms with van der Waals surface area (Å²) >= 11 is 0. The fraction of sp³-hybridized carbons (Fsp3) is 0.529. The number of allylic oxidation sites excluding steroid dienone is 7. The molecule has 1 aliphatic heterocycles. The average Bonchev–Trinajstić information content (AvgIpc) is 3.19. The molecule has 2 heteroatoms. The van der Waals surface area contributed by atoms with Crippen LogP contribution in [0.25, 0.3) is 0 Å². The predicted molar refractivity (Wildman–Crippen MR) is 81.1 cm³/mol. The lowest BCUT2D eigenvalue weighted by molar-refractivity contribution is 0.242. The fourth-order valence-electron chi connectivity index (χ4n) is 1.76. The van der Waals surface area contributed by atoms with Gasteiger partial charge in [0, 0.05) is 0 Å². The summed E-state index contributed by atoms with van der Waals surface area (Å²) in [5.41, 5.74) is 0. The minimum Gasteiger partial charge on any atom is -0.394 e. The van der Waals surface area contributed by atoms with Crippen molar-refractivity contribution < 1.29 is 9.84 Å². The Morgan fingerprint density at radius 2 is 1.32 bits per heavy atom. The van der Waals surface area contributed by atoms with E-state index >= 15 is 0 Å². The number of ether oxygens (including phenoxy) is 1. The number of hydrogen-bond donors (Lipinski definition) is 1. The summed E-state index contributed by atoms with van der Waals surface area (Å²) in [7, 11) is 0. The molecule has 0 aromatic rings. The summed E-state index contributed by atoms with van der Waals surface area (Å²) in [6.45, 7) is 2.30. The third kappa shape index (κ3) is 8.57. The molecule has 0 aliphatic carbocycles. The Morgan fingerprint density at radius 1 is 0.789 bits per heavy atom. The lowest BCUT2D eigenvalue weighted by Gasteiger charge is -1.86. The van der Waals surface area contributed by atoms with Crippen LogP contribution in [0.3, 0.4) is 0 Å². The second-order valence-corrected chi connectivity index (χ2v) is 4.63. The van der Waals surface area contributed by atoms with Gasteiger partial charge in [-0.1, -0.05) is 55.5 Å². The average molecular weight is 262 g/mol. The zero-order valence-electron chi connectivity index (χ0n) is 11.9. The van der Waals surface area contributed by atoms with Crippen LogP contribution in [0.1, 0.15) is 39.0 Å². The molecule has 1 rings (SSSR count). The zero-order valence-corrected chi connectivity index (χ0v) is 11.9. The number of aliphatic hydroxyl groups excluding tert-OH is 1. The van der Waals surface area contributed by atoms with Crippen LogP contribution in [-0.2, 0) is 4.74 Å². The number of aliphatic hydroxyl groups is 1. The van der Waals surface area contributed by atoms with Crippen LogP contribution >= 0.6 is 0 Å². The van der Waals surface area contributed by atoms with E-state index in [0.29, 0.717) is 0 Å². The van der Waals surface area contributed by atoms with Crippen LogP contribution in [0.4, 0.5) is 0 Å². The van der Waals surface area contributed by atoms with E-state index in [4.69, 9.17) is 9.84 Å². The van der Waals surface area contributed by atoms with Crippen LogP contribution in [0.2, 0.25) is 0 Å². The topological polar surface area (TPSA) is 32.8 Å². The quantitative estimate of drug-likeness (QED) is 0.478. The van der Waals surface area contributed by atoms with Crippen molar-refractivity contribution in [3.05, 3.63) is 48.6 Å². The maximum absolute atomic E-state index is 8.80. The van der Waals surface area contributed by atoms with Gasteiger partial charge in [-0.2, -0.15) is 0 Å². The highest BCUT2D eigenvalue weighted by Crippen LogP contribution is 2.24. The monoisotopic (exact) mass is 262 g/mol. The van der Waals surface area contributed by atoms with Gasteiger partial charge in [0.15, 0.2) is 0 Å². The lowest BCUT2D eigenvalue weighted by Crippen LogP contribution is -1.97. The van der Waals surface area contributed by atoms with E-state index in [1.807, 2.05) is 0 Å². The second kappa shape index (κ2) is 10.8. The Kier molecular flexibility index (Phi) is 9.03. The van der Waals surface area contributed by atoms with Gasteiger partial charge in [-0.3, -0.25) is 0 Å². The molecule has 0 amide bonds. The second-order valence-electron chi connectivity index (χ2n) is 4.63. The Hall–Kier alpha value is -1.12. The van der Waals surface area contributed by atoms with Crippen molar-refractivity contribution in [2.75, 3.05) is 6.61 Å². The number of rotatable bonds is 10. The van der Waals surface area contributed by atoms with Gasteiger partial charge in [0.1, 0.15) is 6.10 Å². The third-order valence-corrected chi connectivity index (χ3v) is 2.95. The van der Waals surface area contributed by atoms with Crippen molar-refractivity contribution in [3.63, 3.8) is 0 Å². The lowest BCUT2D eigenvalue weighted by atomic mass is 10.2. The Balaban J connectivity index is 1.92. The Morgan fingerprint density at radius 3 is 1.79 bits per heavy atom. The first kappa shape index (κ1) is 15.9. The maximum atomic E-state index is 8.80. The molecule has 0 aromatic carbocycles. The SMILES string of the molecule is CC/C=C\C/C=C\C/C=C\C/C=C\C[C@@H]1O[C@H]1CO. The van der Waals surface area contributed by atoms with E-state index < -0.39 is 0 Å². The highest BCUT2D eigenvalue weighted by Gasteiger charge is 2.36. The third-order valence-electron chi connectivity index (χ3n) is 2.95. The molecule has 19 heavy (non-hydrogen) atoms. The van der Waals surface area contributed by atoms with Crippen LogP contribution < -0.4 is 0 Å². The zero-order chi connectivity index (χ0) is 13.8. The molecule has 2 atom stereocenters. The first-order chi connectivity index (χ1) is 9.38. The molecular formula is C17H26O2. The first-order valence-electron chi connectivity index (χ1n) is 7.24. The maximum Gasteiger partial charge on any atom is 0.107 e. The number of epoxide rings is 1. The van der Waals surface area contributed by atoms with Crippen molar-refractivity contribution in [2.24, 2.45) is 0 Å². The molecule has 0 aromatic heterocycles. The van der Waals surface area contributed by atoms with Gasteiger partial charge in [0.25, 0.3) is 0 Å². The molecule has 0 radical (unpaired) electrons. The highest BCUT2D eigenvalue weighted by atomic mass is 16.6. The standard InChI is InChI=1S/C17H26O2/c1-2-3-4-5-6-7-8-9-10-11-12-13-14-16-17(15-18)19-16/h3-4,6-7,9-10,12-13,16-18H,2,5,8,11,14-15H2,1H3/b4-3-,7-6-,10-9-,13-12-/t16-,17-/m0/s1. The smallest absolute Gasteiger partial charge is 0.107 e. The molecule has 1 heterocycles. The largest absolute Gasteiger partial charge is 0.394 e. The van der Waals surface area contributed by atoms with Gasteiger partial charge in [0.05, 0.1) is 12.7 Å². The van der Waals surface area contributed by atoms with Gasteiger partial charge in [-0.15, -0.1) is 0 Å². The summed E-state index contributed by atoms with van der Waals surface area (Å²) in [4.78, 5) is 0. The van der Waals surface area contributed by atoms with Gasteiger partial charge < -0.3 is 9.84 Å². The van der Waals surface area contributed by atoms with Crippen molar-refractivity contribution in [1.29, 1.82) is 0 Å². The number of hydrogen-bond acceptors (Lipinski definition) is 2. The van der Waals surface area contributed by atoms with Gasteiger partial charge in [-0.05, 0) is 32.1 Å². The van der Waals surface area contributed by atoms with Crippen LogP contribution in [-0.4, -0.2) is 23.9 Å². The minimum atomic E-state index is 0.0899. The van der Waals surface area contributed by atoms with Crippen LogP contribution in [0, 0.1) is 0 Å². The van der Waals surface area contributed by atoms with Crippen molar-refractivity contribution >= 4 is 0 Å². The summed E-state index contributed by atoms with van der Waals surface area (Å²) in [5.74, 6) is 0. The Bertz CT molecular complexity index is 326. The summed E-state index contributed by atoms with van der Waals surface area (Å²) in [5, 5.41) is 8.80. The van der Waals surface area contributed by atoms with Crippen molar-refractivity contribution in [2.45, 2.75) is 51.2 Å². The Labute approximate surface area is 117 Å². The summed E-state index contributed by atoms with van der Waals surface area (Å²) in [6, 6.07) is 0. The molecule has 0 spiro atoms. The van der Waals surface area contributed by atoms with Gasteiger partial charge in [0.2, 0.25) is 0 Å². The van der Waals surface area contributed by atoms with Gasteiger partial charge >= 0.3 is 0 Å². The van der Waals surface area contributed by atoms with Crippen LogP contribution in [0.15, 0.2) is 48.6 Å².